The van der Waals surface area contributed by atoms with Crippen molar-refractivity contribution in [2.24, 2.45) is 0 Å². The van der Waals surface area contributed by atoms with E-state index < -0.39 is 0 Å². The average molecular weight is 195 g/mol. The van der Waals surface area contributed by atoms with Gasteiger partial charge in [0.1, 0.15) is 0 Å². The summed E-state index contributed by atoms with van der Waals surface area (Å²) in [6.07, 6.45) is 7.96. The highest BCUT2D eigenvalue weighted by atomic mass is 16.3. The van der Waals surface area contributed by atoms with E-state index in [1.54, 1.807) is 6.20 Å². The van der Waals surface area contributed by atoms with E-state index in [4.69, 9.17) is 5.11 Å². The Bertz CT molecular complexity index is 330. The van der Waals surface area contributed by atoms with Crippen molar-refractivity contribution in [1.29, 1.82) is 0 Å². The molecule has 3 heteroatoms. The van der Waals surface area contributed by atoms with E-state index in [0.717, 1.165) is 13.0 Å². The molecule has 0 amide bonds. The summed E-state index contributed by atoms with van der Waals surface area (Å²) < 4.78 is 1.85. The zero-order valence-electron chi connectivity index (χ0n) is 8.57. The summed E-state index contributed by atoms with van der Waals surface area (Å²) >= 11 is 0. The Balaban J connectivity index is 2.43. The van der Waals surface area contributed by atoms with Crippen LogP contribution in [0.5, 0.6) is 5.75 Å². The van der Waals surface area contributed by atoms with Crippen LogP contribution in [-0.2, 0) is 6.54 Å². The number of aromatic hydroxyl groups is 1. The first kappa shape index (κ1) is 10.8. The maximum absolute atomic E-state index is 10.9. The minimum Gasteiger partial charge on any atom is -0.503 e. The van der Waals surface area contributed by atoms with E-state index in [0.29, 0.717) is 0 Å². The Kier molecular flexibility index (Phi) is 4.23. The quantitative estimate of drug-likeness (QED) is 0.731. The van der Waals surface area contributed by atoms with Crippen molar-refractivity contribution in [3.63, 3.8) is 0 Å². The fourth-order valence-corrected chi connectivity index (χ4v) is 1.37. The van der Waals surface area contributed by atoms with Gasteiger partial charge in [-0.2, -0.15) is 0 Å². The Morgan fingerprint density at radius 1 is 1.36 bits per heavy atom. The van der Waals surface area contributed by atoms with Gasteiger partial charge in [-0.05, 0) is 6.42 Å². The second kappa shape index (κ2) is 5.47. The third-order valence-corrected chi connectivity index (χ3v) is 2.23. The molecule has 1 heterocycles. The Morgan fingerprint density at radius 2 is 2.14 bits per heavy atom. The van der Waals surface area contributed by atoms with Crippen LogP contribution < -0.4 is 5.43 Å². The van der Waals surface area contributed by atoms with Gasteiger partial charge in [0.25, 0.3) is 0 Å². The SMILES string of the molecule is CCCCCCn1ccc(=O)c(O)c1. The summed E-state index contributed by atoms with van der Waals surface area (Å²) in [7, 11) is 0. The number of aryl methyl sites for hydroxylation is 1. The molecule has 0 saturated heterocycles. The second-order valence-corrected chi connectivity index (χ2v) is 3.49. The second-order valence-electron chi connectivity index (χ2n) is 3.49. The molecule has 0 aliphatic rings. The summed E-state index contributed by atoms with van der Waals surface area (Å²) in [6.45, 7) is 3.04. The van der Waals surface area contributed by atoms with Crippen LogP contribution in [0.15, 0.2) is 23.3 Å². The number of hydrogen-bond acceptors (Lipinski definition) is 2. The van der Waals surface area contributed by atoms with Crippen LogP contribution in [0.2, 0.25) is 0 Å². The van der Waals surface area contributed by atoms with E-state index in [2.05, 4.69) is 6.92 Å². The predicted octanol–water partition coefficient (Wildman–Crippen LogP) is 2.13. The molecule has 0 unspecified atom stereocenters. The van der Waals surface area contributed by atoms with E-state index >= 15 is 0 Å². The van der Waals surface area contributed by atoms with Crippen molar-refractivity contribution < 1.29 is 5.11 Å². The van der Waals surface area contributed by atoms with Crippen molar-refractivity contribution >= 4 is 0 Å². The summed E-state index contributed by atoms with van der Waals surface area (Å²) in [6, 6.07) is 1.40. The zero-order chi connectivity index (χ0) is 10.4. The van der Waals surface area contributed by atoms with Gasteiger partial charge in [-0.3, -0.25) is 4.79 Å². The number of unbranched alkanes of at least 4 members (excludes halogenated alkanes) is 3. The maximum Gasteiger partial charge on any atom is 0.223 e. The Morgan fingerprint density at radius 3 is 2.79 bits per heavy atom. The molecule has 0 radical (unpaired) electrons. The molecule has 1 rings (SSSR count). The van der Waals surface area contributed by atoms with Gasteiger partial charge in [0.2, 0.25) is 5.43 Å². The van der Waals surface area contributed by atoms with Crippen LogP contribution in [0.3, 0.4) is 0 Å². The van der Waals surface area contributed by atoms with Crippen LogP contribution in [0.1, 0.15) is 32.6 Å². The molecule has 3 nitrogen and oxygen atoms in total. The van der Waals surface area contributed by atoms with Crippen molar-refractivity contribution in [1.82, 2.24) is 4.57 Å². The number of aromatic nitrogens is 1. The average Bonchev–Trinajstić information content (AvgIpc) is 2.18. The fraction of sp³-hybridized carbons (Fsp3) is 0.545. The minimum atomic E-state index is -0.310. The van der Waals surface area contributed by atoms with Gasteiger partial charge in [-0.25, -0.2) is 0 Å². The first-order valence-corrected chi connectivity index (χ1v) is 5.13. The van der Waals surface area contributed by atoms with E-state index in [-0.39, 0.29) is 11.2 Å². The topological polar surface area (TPSA) is 42.2 Å². The van der Waals surface area contributed by atoms with E-state index in [1.807, 2.05) is 4.57 Å². The Hall–Kier alpha value is -1.25. The molecule has 78 valence electrons. The standard InChI is InChI=1S/C11H17NO2/c1-2-3-4-5-7-12-8-6-10(13)11(14)9-12/h6,8-9,14H,2-5,7H2,1H3. The molecule has 0 bridgehead atoms. The van der Waals surface area contributed by atoms with Crippen molar-refractivity contribution in [2.75, 3.05) is 0 Å². The monoisotopic (exact) mass is 195 g/mol. The van der Waals surface area contributed by atoms with Crippen LogP contribution in [0, 0.1) is 0 Å². The normalized spacial score (nSPS) is 10.4. The highest BCUT2D eigenvalue weighted by Gasteiger charge is 1.96. The zero-order valence-corrected chi connectivity index (χ0v) is 8.57. The van der Waals surface area contributed by atoms with Gasteiger partial charge in [0.05, 0.1) is 0 Å². The summed E-state index contributed by atoms with van der Waals surface area (Å²) in [5.41, 5.74) is -0.310. The lowest BCUT2D eigenvalue weighted by molar-refractivity contribution is 0.458. The molecule has 0 aromatic carbocycles. The largest absolute Gasteiger partial charge is 0.503 e. The summed E-state index contributed by atoms with van der Waals surface area (Å²) in [4.78, 5) is 10.9. The Labute approximate surface area is 84.0 Å². The molecule has 14 heavy (non-hydrogen) atoms. The summed E-state index contributed by atoms with van der Waals surface area (Å²) in [5.74, 6) is -0.164. The molecule has 0 aliphatic heterocycles. The molecule has 0 saturated carbocycles. The van der Waals surface area contributed by atoms with Crippen LogP contribution >= 0.6 is 0 Å². The van der Waals surface area contributed by atoms with Gasteiger partial charge in [0, 0.05) is 25.0 Å². The number of hydrogen-bond donors (Lipinski definition) is 1. The van der Waals surface area contributed by atoms with Gasteiger partial charge >= 0.3 is 0 Å². The van der Waals surface area contributed by atoms with Gasteiger partial charge in [0.15, 0.2) is 5.75 Å². The number of rotatable bonds is 5. The van der Waals surface area contributed by atoms with E-state index in [9.17, 15) is 4.79 Å². The van der Waals surface area contributed by atoms with Crippen molar-refractivity contribution in [3.05, 3.63) is 28.7 Å². The minimum absolute atomic E-state index is 0.164. The smallest absolute Gasteiger partial charge is 0.223 e. The first-order chi connectivity index (χ1) is 6.74. The molecular weight excluding hydrogens is 178 g/mol. The number of pyridine rings is 1. The number of nitrogens with zero attached hydrogens (tertiary/aromatic N) is 1. The molecular formula is C11H17NO2. The summed E-state index contributed by atoms with van der Waals surface area (Å²) in [5, 5.41) is 9.17. The van der Waals surface area contributed by atoms with Gasteiger partial charge in [-0.15, -0.1) is 0 Å². The lowest BCUT2D eigenvalue weighted by atomic mass is 10.2. The third kappa shape index (κ3) is 3.24. The lowest BCUT2D eigenvalue weighted by Gasteiger charge is -2.05. The van der Waals surface area contributed by atoms with Gasteiger partial charge < -0.3 is 9.67 Å². The van der Waals surface area contributed by atoms with Crippen molar-refractivity contribution in [2.45, 2.75) is 39.2 Å². The maximum atomic E-state index is 10.9. The van der Waals surface area contributed by atoms with Gasteiger partial charge in [-0.1, -0.05) is 26.2 Å². The van der Waals surface area contributed by atoms with Crippen LogP contribution in [-0.4, -0.2) is 9.67 Å². The predicted molar refractivity (Wildman–Crippen MR) is 56.5 cm³/mol. The molecule has 0 atom stereocenters. The fourth-order valence-electron chi connectivity index (χ4n) is 1.37. The molecule has 1 N–H and O–H groups in total. The van der Waals surface area contributed by atoms with Crippen molar-refractivity contribution in [3.8, 4) is 5.75 Å². The molecule has 0 spiro atoms. The molecule has 0 aliphatic carbocycles. The molecule has 1 aromatic heterocycles. The van der Waals surface area contributed by atoms with E-state index in [1.165, 1.54) is 31.5 Å². The molecule has 0 fully saturated rings. The lowest BCUT2D eigenvalue weighted by Crippen LogP contribution is -2.05. The highest BCUT2D eigenvalue weighted by molar-refractivity contribution is 5.14. The molecule has 1 aromatic rings. The first-order valence-electron chi connectivity index (χ1n) is 5.13. The third-order valence-electron chi connectivity index (χ3n) is 2.23. The highest BCUT2D eigenvalue weighted by Crippen LogP contribution is 2.04. The van der Waals surface area contributed by atoms with Crippen LogP contribution in [0.25, 0.3) is 0 Å². The van der Waals surface area contributed by atoms with Crippen LogP contribution in [0.4, 0.5) is 0 Å².